The Morgan fingerprint density at radius 3 is 2.45 bits per heavy atom. The third-order valence-electron chi connectivity index (χ3n) is 2.57. The van der Waals surface area contributed by atoms with Crippen LogP contribution in [0, 0.1) is 0 Å². The molecule has 104 valence electrons. The Kier molecular flexibility index (Phi) is 3.69. The van der Waals surface area contributed by atoms with E-state index in [-0.39, 0.29) is 0 Å². The third-order valence-corrected chi connectivity index (χ3v) is 2.57. The third kappa shape index (κ3) is 2.61. The smallest absolute Gasteiger partial charge is 0.352 e. The van der Waals surface area contributed by atoms with Crippen LogP contribution in [0.3, 0.4) is 0 Å². The Morgan fingerprint density at radius 2 is 1.95 bits per heavy atom. The molecule has 1 heterocycles. The van der Waals surface area contributed by atoms with Gasteiger partial charge in [0.1, 0.15) is 11.4 Å². The van der Waals surface area contributed by atoms with Crippen molar-refractivity contribution < 1.29 is 14.6 Å². The lowest BCUT2D eigenvalue weighted by Crippen LogP contribution is -2.34. The van der Waals surface area contributed by atoms with Gasteiger partial charge in [-0.2, -0.15) is 0 Å². The Bertz CT molecular complexity index is 711. The molecule has 7 heteroatoms. The summed E-state index contributed by atoms with van der Waals surface area (Å²) in [5.41, 5.74) is -1.63. The number of nitrogens with one attached hydrogen (secondary N) is 1. The maximum absolute atomic E-state index is 11.8. The van der Waals surface area contributed by atoms with Gasteiger partial charge in [0.25, 0.3) is 5.56 Å². The molecule has 0 aliphatic carbocycles. The molecule has 2 N–H and O–H groups in total. The number of H-pyrrole nitrogens is 1. The van der Waals surface area contributed by atoms with E-state index in [1.54, 1.807) is 24.3 Å². The molecule has 0 fully saturated rings. The lowest BCUT2D eigenvalue weighted by atomic mass is 10.3. The number of aromatic amines is 1. The van der Waals surface area contributed by atoms with Gasteiger partial charge in [0.15, 0.2) is 0 Å². The topological polar surface area (TPSA) is 101 Å². The van der Waals surface area contributed by atoms with Gasteiger partial charge in [0, 0.05) is 6.07 Å². The lowest BCUT2D eigenvalue weighted by molar-refractivity contribution is 0.0689. The maximum atomic E-state index is 11.8. The van der Waals surface area contributed by atoms with E-state index in [1.165, 1.54) is 0 Å². The highest BCUT2D eigenvalue weighted by Crippen LogP contribution is 2.13. The minimum absolute atomic E-state index is 0.330. The summed E-state index contributed by atoms with van der Waals surface area (Å²) in [4.78, 5) is 36.5. The van der Waals surface area contributed by atoms with Gasteiger partial charge in [0.2, 0.25) is 0 Å². The molecule has 0 unspecified atom stereocenters. The average Bonchev–Trinajstić information content (AvgIpc) is 2.40. The molecule has 1 aromatic heterocycles. The summed E-state index contributed by atoms with van der Waals surface area (Å²) in [6.07, 6.45) is 0. The molecule has 7 nitrogen and oxygen atoms in total. The highest BCUT2D eigenvalue weighted by molar-refractivity contribution is 5.84. The molecular weight excluding hydrogens is 264 g/mol. The molecule has 1 aromatic carbocycles. The molecule has 0 radical (unpaired) electrons. The normalized spacial score (nSPS) is 10.2. The summed E-state index contributed by atoms with van der Waals surface area (Å²) in [6.45, 7) is 2.35. The predicted octanol–water partition coefficient (Wildman–Crippen LogP) is 0.623. The number of carboxylic acids is 1. The van der Waals surface area contributed by atoms with Gasteiger partial charge >= 0.3 is 11.7 Å². The standard InChI is InChI=1S/C13H12N2O5/c1-2-20-9-5-3-8(4-6-9)15-11(16)7-10(12(17)18)14-13(15)19/h3-7H,2H2,1H3,(H,14,19)(H,17,18). The summed E-state index contributed by atoms with van der Waals surface area (Å²) in [6, 6.07) is 7.19. The fourth-order valence-electron chi connectivity index (χ4n) is 1.71. The SMILES string of the molecule is CCOc1ccc(-n2c(=O)cc(C(=O)O)[nH]c2=O)cc1. The number of rotatable bonds is 4. The van der Waals surface area contributed by atoms with Gasteiger partial charge < -0.3 is 14.8 Å². The second-order valence-electron chi connectivity index (χ2n) is 3.89. The Balaban J connectivity index is 2.50. The van der Waals surface area contributed by atoms with Crippen molar-refractivity contribution in [1.29, 1.82) is 0 Å². The lowest BCUT2D eigenvalue weighted by Gasteiger charge is -2.07. The van der Waals surface area contributed by atoms with Crippen molar-refractivity contribution >= 4 is 5.97 Å². The number of aromatic carboxylic acids is 1. The number of hydrogen-bond donors (Lipinski definition) is 2. The fraction of sp³-hybridized carbons (Fsp3) is 0.154. The fourth-order valence-corrected chi connectivity index (χ4v) is 1.71. The zero-order valence-corrected chi connectivity index (χ0v) is 10.6. The molecule has 0 aliphatic rings. The first-order valence-corrected chi connectivity index (χ1v) is 5.86. The van der Waals surface area contributed by atoms with E-state index >= 15 is 0 Å². The molecule has 0 spiro atoms. The molecule has 0 aliphatic heterocycles. The molecule has 0 atom stereocenters. The number of aromatic nitrogens is 2. The second kappa shape index (κ2) is 5.43. The Morgan fingerprint density at radius 1 is 1.30 bits per heavy atom. The van der Waals surface area contributed by atoms with Crippen molar-refractivity contribution in [2.75, 3.05) is 6.61 Å². The monoisotopic (exact) mass is 276 g/mol. The zero-order valence-electron chi connectivity index (χ0n) is 10.6. The Labute approximate surface area is 113 Å². The average molecular weight is 276 g/mol. The molecule has 0 bridgehead atoms. The van der Waals surface area contributed by atoms with Crippen molar-refractivity contribution in [3.05, 3.63) is 56.9 Å². The van der Waals surface area contributed by atoms with E-state index in [9.17, 15) is 14.4 Å². The summed E-state index contributed by atoms with van der Waals surface area (Å²) in [7, 11) is 0. The van der Waals surface area contributed by atoms with Crippen LogP contribution in [-0.4, -0.2) is 27.2 Å². The van der Waals surface area contributed by atoms with Crippen LogP contribution in [0.2, 0.25) is 0 Å². The first-order valence-electron chi connectivity index (χ1n) is 5.86. The number of hydrogen-bond acceptors (Lipinski definition) is 4. The number of nitrogens with zero attached hydrogens (tertiary/aromatic N) is 1. The van der Waals surface area contributed by atoms with Crippen LogP contribution in [0.4, 0.5) is 0 Å². The molecular formula is C13H12N2O5. The quantitative estimate of drug-likeness (QED) is 0.852. The maximum Gasteiger partial charge on any atom is 0.352 e. The highest BCUT2D eigenvalue weighted by Gasteiger charge is 2.10. The van der Waals surface area contributed by atoms with Crippen LogP contribution in [0.5, 0.6) is 5.75 Å². The summed E-state index contributed by atoms with van der Waals surface area (Å²) in [5, 5.41) is 8.76. The number of ether oxygens (including phenoxy) is 1. The Hall–Kier alpha value is -2.83. The molecule has 0 saturated carbocycles. The minimum atomic E-state index is -1.36. The first-order chi connectivity index (χ1) is 9.52. The van der Waals surface area contributed by atoms with Crippen LogP contribution in [0.25, 0.3) is 5.69 Å². The van der Waals surface area contributed by atoms with Crippen molar-refractivity contribution in [2.24, 2.45) is 0 Å². The van der Waals surface area contributed by atoms with Crippen molar-refractivity contribution in [3.63, 3.8) is 0 Å². The van der Waals surface area contributed by atoms with Gasteiger partial charge in [-0.05, 0) is 31.2 Å². The van der Waals surface area contributed by atoms with E-state index in [0.717, 1.165) is 10.6 Å². The van der Waals surface area contributed by atoms with Gasteiger partial charge in [-0.3, -0.25) is 4.79 Å². The number of carboxylic acid groups (broad SMARTS) is 1. The highest BCUT2D eigenvalue weighted by atomic mass is 16.5. The van der Waals surface area contributed by atoms with Crippen LogP contribution in [-0.2, 0) is 0 Å². The molecule has 2 aromatic rings. The summed E-state index contributed by atoms with van der Waals surface area (Å²) >= 11 is 0. The van der Waals surface area contributed by atoms with Crippen molar-refractivity contribution in [2.45, 2.75) is 6.92 Å². The van der Waals surface area contributed by atoms with Crippen LogP contribution < -0.4 is 16.0 Å². The first kappa shape index (κ1) is 13.6. The van der Waals surface area contributed by atoms with Crippen LogP contribution in [0.1, 0.15) is 17.4 Å². The van der Waals surface area contributed by atoms with Crippen LogP contribution >= 0.6 is 0 Å². The van der Waals surface area contributed by atoms with E-state index in [4.69, 9.17) is 9.84 Å². The van der Waals surface area contributed by atoms with Crippen LogP contribution in [0.15, 0.2) is 39.9 Å². The van der Waals surface area contributed by atoms with E-state index in [0.29, 0.717) is 18.0 Å². The van der Waals surface area contributed by atoms with E-state index in [2.05, 4.69) is 4.98 Å². The predicted molar refractivity (Wildman–Crippen MR) is 70.8 cm³/mol. The summed E-state index contributed by atoms with van der Waals surface area (Å²) in [5.74, 6) is -0.749. The zero-order chi connectivity index (χ0) is 14.7. The minimum Gasteiger partial charge on any atom is -0.494 e. The van der Waals surface area contributed by atoms with Crippen molar-refractivity contribution in [1.82, 2.24) is 9.55 Å². The largest absolute Gasteiger partial charge is 0.494 e. The van der Waals surface area contributed by atoms with Gasteiger partial charge in [-0.1, -0.05) is 0 Å². The molecule has 0 saturated heterocycles. The van der Waals surface area contributed by atoms with Gasteiger partial charge in [0.05, 0.1) is 12.3 Å². The van der Waals surface area contributed by atoms with E-state index in [1.807, 2.05) is 6.92 Å². The van der Waals surface area contributed by atoms with Crippen molar-refractivity contribution in [3.8, 4) is 11.4 Å². The molecule has 2 rings (SSSR count). The van der Waals surface area contributed by atoms with E-state index < -0.39 is 22.9 Å². The number of carbonyl (C=O) groups is 1. The second-order valence-corrected chi connectivity index (χ2v) is 3.89. The number of benzene rings is 1. The van der Waals surface area contributed by atoms with Gasteiger partial charge in [-0.25, -0.2) is 14.2 Å². The molecule has 20 heavy (non-hydrogen) atoms. The summed E-state index contributed by atoms with van der Waals surface area (Å²) < 4.78 is 6.11. The van der Waals surface area contributed by atoms with Gasteiger partial charge in [-0.15, -0.1) is 0 Å². The molecule has 0 amide bonds.